The lowest BCUT2D eigenvalue weighted by Crippen LogP contribution is -2.47. The molecule has 0 aromatic rings. The van der Waals surface area contributed by atoms with Gasteiger partial charge in [-0.1, -0.05) is 0 Å². The van der Waals surface area contributed by atoms with E-state index in [1.54, 1.807) is 11.9 Å². The highest BCUT2D eigenvalue weighted by atomic mass is 16.3. The number of rotatable bonds is 7. The predicted molar refractivity (Wildman–Crippen MR) is 72.4 cm³/mol. The van der Waals surface area contributed by atoms with Crippen LogP contribution >= 0.6 is 0 Å². The molecule has 0 bridgehead atoms. The fourth-order valence-corrected chi connectivity index (χ4v) is 2.16. The smallest absolute Gasteiger partial charge is 0.223 e. The number of carbonyl (C=O) groups excluding carboxylic acids is 1. The van der Waals surface area contributed by atoms with Crippen LogP contribution in [0.4, 0.5) is 0 Å². The normalized spacial score (nSPS) is 17.1. The number of β-amino-alcohol motifs (C(OH)–C–C–N with tert-alkyl or cyclic N) is 1. The molecule has 1 N–H and O–H groups in total. The van der Waals surface area contributed by atoms with E-state index in [1.807, 2.05) is 6.07 Å². The highest BCUT2D eigenvalue weighted by molar-refractivity contribution is 5.76. The second-order valence-corrected chi connectivity index (χ2v) is 4.88. The van der Waals surface area contributed by atoms with E-state index in [9.17, 15) is 4.79 Å². The van der Waals surface area contributed by atoms with Gasteiger partial charge in [0.05, 0.1) is 19.1 Å². The van der Waals surface area contributed by atoms with Gasteiger partial charge < -0.3 is 14.9 Å². The number of hydrogen-bond donors (Lipinski definition) is 1. The molecule has 1 aliphatic heterocycles. The van der Waals surface area contributed by atoms with Crippen molar-refractivity contribution in [1.29, 1.82) is 5.26 Å². The molecule has 0 spiro atoms. The van der Waals surface area contributed by atoms with E-state index in [0.717, 1.165) is 39.3 Å². The maximum Gasteiger partial charge on any atom is 0.223 e. The Bertz CT molecular complexity index is 308. The van der Waals surface area contributed by atoms with Gasteiger partial charge in [-0.25, -0.2) is 0 Å². The Hall–Kier alpha value is -1.16. The third kappa shape index (κ3) is 6.01. The summed E-state index contributed by atoms with van der Waals surface area (Å²) in [5, 5.41) is 17.3. The molecule has 1 saturated heterocycles. The van der Waals surface area contributed by atoms with E-state index >= 15 is 0 Å². The zero-order valence-corrected chi connectivity index (χ0v) is 11.7. The van der Waals surface area contributed by atoms with Crippen molar-refractivity contribution in [2.24, 2.45) is 0 Å². The van der Waals surface area contributed by atoms with Crippen LogP contribution in [-0.2, 0) is 4.79 Å². The quantitative estimate of drug-likeness (QED) is 0.665. The van der Waals surface area contributed by atoms with E-state index in [-0.39, 0.29) is 12.5 Å². The zero-order chi connectivity index (χ0) is 14.1. The Morgan fingerprint density at radius 1 is 1.26 bits per heavy atom. The number of carbonyl (C=O) groups is 1. The SMILES string of the molecule is CN(CCC#N)C(=O)CCN1CCN(CCO)CC1. The van der Waals surface area contributed by atoms with Gasteiger partial charge in [-0.2, -0.15) is 5.26 Å². The lowest BCUT2D eigenvalue weighted by Gasteiger charge is -2.34. The third-order valence-electron chi connectivity index (χ3n) is 3.51. The van der Waals surface area contributed by atoms with E-state index in [1.165, 1.54) is 0 Å². The first-order chi connectivity index (χ1) is 9.17. The lowest BCUT2D eigenvalue weighted by molar-refractivity contribution is -0.130. The van der Waals surface area contributed by atoms with Gasteiger partial charge in [-0.15, -0.1) is 0 Å². The van der Waals surface area contributed by atoms with Crippen molar-refractivity contribution in [2.75, 3.05) is 59.5 Å². The molecule has 1 heterocycles. The first-order valence-electron chi connectivity index (χ1n) is 6.84. The molecule has 1 aliphatic rings. The summed E-state index contributed by atoms with van der Waals surface area (Å²) in [5.41, 5.74) is 0. The molecule has 0 atom stereocenters. The maximum absolute atomic E-state index is 11.8. The minimum Gasteiger partial charge on any atom is -0.395 e. The van der Waals surface area contributed by atoms with Crippen LogP contribution in [0.2, 0.25) is 0 Å². The third-order valence-corrected chi connectivity index (χ3v) is 3.51. The Balaban J connectivity index is 2.16. The van der Waals surface area contributed by atoms with Crippen LogP contribution in [0.3, 0.4) is 0 Å². The van der Waals surface area contributed by atoms with Gasteiger partial charge in [0.2, 0.25) is 5.91 Å². The average Bonchev–Trinajstić information content (AvgIpc) is 2.44. The van der Waals surface area contributed by atoms with Gasteiger partial charge in [-0.3, -0.25) is 9.69 Å². The summed E-state index contributed by atoms with van der Waals surface area (Å²) in [5.74, 6) is 0.105. The van der Waals surface area contributed by atoms with Crippen molar-refractivity contribution < 1.29 is 9.90 Å². The summed E-state index contributed by atoms with van der Waals surface area (Å²) in [6.45, 7) is 6.07. The fraction of sp³-hybridized carbons (Fsp3) is 0.846. The molecule has 0 aromatic carbocycles. The first-order valence-corrected chi connectivity index (χ1v) is 6.84. The maximum atomic E-state index is 11.8. The van der Waals surface area contributed by atoms with Crippen LogP contribution < -0.4 is 0 Å². The standard InChI is InChI=1S/C13H24N4O2/c1-15(5-2-4-14)13(19)3-6-16-7-9-17(10-8-16)11-12-18/h18H,2-3,5-12H2,1H3. The lowest BCUT2D eigenvalue weighted by atomic mass is 10.2. The van der Waals surface area contributed by atoms with Crippen LogP contribution in [0.1, 0.15) is 12.8 Å². The average molecular weight is 268 g/mol. The Morgan fingerprint density at radius 2 is 1.84 bits per heavy atom. The number of hydrogen-bond acceptors (Lipinski definition) is 5. The Kier molecular flexibility index (Phi) is 7.41. The predicted octanol–water partition coefficient (Wildman–Crippen LogP) is -0.642. The Labute approximate surface area is 115 Å². The highest BCUT2D eigenvalue weighted by Crippen LogP contribution is 2.03. The second kappa shape index (κ2) is 8.86. The minimum atomic E-state index is 0.105. The van der Waals surface area contributed by atoms with Crippen LogP contribution in [0, 0.1) is 11.3 Å². The number of nitriles is 1. The second-order valence-electron chi connectivity index (χ2n) is 4.88. The summed E-state index contributed by atoms with van der Waals surface area (Å²) in [6.07, 6.45) is 0.907. The summed E-state index contributed by atoms with van der Waals surface area (Å²) in [4.78, 5) is 18.0. The van der Waals surface area contributed by atoms with Crippen molar-refractivity contribution in [2.45, 2.75) is 12.8 Å². The Morgan fingerprint density at radius 3 is 2.37 bits per heavy atom. The van der Waals surface area contributed by atoms with E-state index in [4.69, 9.17) is 10.4 Å². The fourth-order valence-electron chi connectivity index (χ4n) is 2.16. The van der Waals surface area contributed by atoms with Crippen molar-refractivity contribution >= 4 is 5.91 Å². The molecule has 0 aliphatic carbocycles. The van der Waals surface area contributed by atoms with Crippen LogP contribution in [-0.4, -0.2) is 85.2 Å². The van der Waals surface area contributed by atoms with Gasteiger partial charge in [0.1, 0.15) is 0 Å². The van der Waals surface area contributed by atoms with Crippen molar-refractivity contribution in [3.63, 3.8) is 0 Å². The number of piperazine rings is 1. The number of aliphatic hydroxyl groups is 1. The topological polar surface area (TPSA) is 70.8 Å². The first kappa shape index (κ1) is 15.9. The molecule has 108 valence electrons. The summed E-state index contributed by atoms with van der Waals surface area (Å²) < 4.78 is 0. The molecule has 1 amide bonds. The molecule has 0 unspecified atom stereocenters. The van der Waals surface area contributed by atoms with Crippen LogP contribution in [0.15, 0.2) is 0 Å². The highest BCUT2D eigenvalue weighted by Gasteiger charge is 2.17. The largest absolute Gasteiger partial charge is 0.395 e. The van der Waals surface area contributed by atoms with Crippen molar-refractivity contribution in [1.82, 2.24) is 14.7 Å². The molecular formula is C13H24N4O2. The van der Waals surface area contributed by atoms with Gasteiger partial charge in [0, 0.05) is 59.3 Å². The molecule has 0 aromatic heterocycles. The van der Waals surface area contributed by atoms with Crippen molar-refractivity contribution in [3.8, 4) is 6.07 Å². The molecule has 1 fully saturated rings. The molecule has 0 radical (unpaired) electrons. The molecule has 6 heteroatoms. The van der Waals surface area contributed by atoms with Crippen LogP contribution in [0.5, 0.6) is 0 Å². The molecule has 0 saturated carbocycles. The molecule has 6 nitrogen and oxygen atoms in total. The monoisotopic (exact) mass is 268 g/mol. The number of aliphatic hydroxyl groups excluding tert-OH is 1. The van der Waals surface area contributed by atoms with Crippen molar-refractivity contribution in [3.05, 3.63) is 0 Å². The van der Waals surface area contributed by atoms with E-state index < -0.39 is 0 Å². The molecule has 1 rings (SSSR count). The van der Waals surface area contributed by atoms with Gasteiger partial charge >= 0.3 is 0 Å². The minimum absolute atomic E-state index is 0.105. The van der Waals surface area contributed by atoms with Gasteiger partial charge in [0.25, 0.3) is 0 Å². The summed E-state index contributed by atoms with van der Waals surface area (Å²) in [7, 11) is 1.75. The molecule has 19 heavy (non-hydrogen) atoms. The van der Waals surface area contributed by atoms with E-state index in [2.05, 4.69) is 9.80 Å². The number of nitrogens with zero attached hydrogens (tertiary/aromatic N) is 4. The summed E-state index contributed by atoms with van der Waals surface area (Å²) >= 11 is 0. The van der Waals surface area contributed by atoms with E-state index in [0.29, 0.717) is 19.4 Å². The van der Waals surface area contributed by atoms with Crippen LogP contribution in [0.25, 0.3) is 0 Å². The van der Waals surface area contributed by atoms with Gasteiger partial charge in [0.15, 0.2) is 0 Å². The zero-order valence-electron chi connectivity index (χ0n) is 11.7. The van der Waals surface area contributed by atoms with Gasteiger partial charge in [-0.05, 0) is 0 Å². The summed E-state index contributed by atoms with van der Waals surface area (Å²) in [6, 6.07) is 2.05. The molecular weight excluding hydrogens is 244 g/mol. The number of amides is 1.